The van der Waals surface area contributed by atoms with E-state index in [9.17, 15) is 4.79 Å². The first kappa shape index (κ1) is 17.1. The van der Waals surface area contributed by atoms with Gasteiger partial charge in [-0.05, 0) is 36.6 Å². The number of hydrogen-bond acceptors (Lipinski definition) is 3. The van der Waals surface area contributed by atoms with Crippen molar-refractivity contribution in [3.8, 4) is 0 Å². The highest BCUT2D eigenvalue weighted by Crippen LogP contribution is 2.54. The van der Waals surface area contributed by atoms with Crippen molar-refractivity contribution in [3.63, 3.8) is 0 Å². The molecular weight excluding hydrogens is 358 g/mol. The fourth-order valence-corrected chi connectivity index (χ4v) is 5.07. The van der Waals surface area contributed by atoms with Crippen LogP contribution in [0.2, 0.25) is 5.02 Å². The third kappa shape index (κ3) is 2.74. The predicted octanol–water partition coefficient (Wildman–Crippen LogP) is 4.36. The topological polar surface area (TPSA) is 35.6 Å². The fraction of sp³-hybridized carbons (Fsp3) is 0.409. The number of fused-ring (bicyclic) bond motifs is 1. The number of nitrogens with zero attached hydrogens (tertiary/aromatic N) is 2. The Morgan fingerprint density at radius 2 is 1.89 bits per heavy atom. The maximum atomic E-state index is 13.0. The normalized spacial score (nSPS) is 26.1. The molecule has 4 nitrogen and oxygen atoms in total. The van der Waals surface area contributed by atoms with Crippen molar-refractivity contribution in [1.82, 2.24) is 9.80 Å². The summed E-state index contributed by atoms with van der Waals surface area (Å²) in [6.07, 6.45) is 4.28. The molecule has 2 aliphatic heterocycles. The number of likely N-dealkylation sites (tertiary alicyclic amines) is 1. The fourth-order valence-electron chi connectivity index (χ4n) is 4.90. The second kappa shape index (κ2) is 5.98. The van der Waals surface area contributed by atoms with E-state index in [1.54, 1.807) is 6.07 Å². The Bertz CT molecular complexity index is 896. The molecule has 1 amide bonds. The molecule has 140 valence electrons. The zero-order valence-corrected chi connectivity index (χ0v) is 16.3. The molecule has 5 heteroatoms. The number of nitrogens with one attached hydrogen (secondary N) is 1. The summed E-state index contributed by atoms with van der Waals surface area (Å²) in [7, 11) is 1.94. The number of halogens is 1. The highest BCUT2D eigenvalue weighted by atomic mass is 35.5. The van der Waals surface area contributed by atoms with Crippen molar-refractivity contribution in [2.75, 3.05) is 18.9 Å². The number of rotatable bonds is 2. The molecule has 1 unspecified atom stereocenters. The van der Waals surface area contributed by atoms with E-state index in [0.29, 0.717) is 10.6 Å². The number of carbonyl (C=O) groups excluding carboxylic acids is 1. The van der Waals surface area contributed by atoms with Crippen LogP contribution in [0.5, 0.6) is 0 Å². The molecule has 0 bridgehead atoms. The van der Waals surface area contributed by atoms with Crippen LogP contribution in [0.1, 0.15) is 41.6 Å². The Hall–Kier alpha value is -2.04. The number of amides is 1. The second-order valence-electron chi connectivity index (χ2n) is 8.27. The SMILES string of the molecule is CN1C(=O)c2ccc(Cl)cc2NC12CCN(Cc1ccccc1)C1(CC1)C2. The highest BCUT2D eigenvalue weighted by Gasteiger charge is 2.59. The monoisotopic (exact) mass is 381 g/mol. The zero-order chi connectivity index (χ0) is 18.6. The molecule has 5 rings (SSSR count). The summed E-state index contributed by atoms with van der Waals surface area (Å²) in [6, 6.07) is 16.2. The van der Waals surface area contributed by atoms with Crippen LogP contribution in [-0.2, 0) is 6.54 Å². The average Bonchev–Trinajstić information content (AvgIpc) is 3.43. The lowest BCUT2D eigenvalue weighted by Crippen LogP contribution is -2.65. The smallest absolute Gasteiger partial charge is 0.257 e. The first-order valence-corrected chi connectivity index (χ1v) is 10.0. The number of piperidine rings is 1. The molecular formula is C22H24ClN3O. The lowest BCUT2D eigenvalue weighted by atomic mass is 9.84. The third-order valence-electron chi connectivity index (χ3n) is 6.66. The molecule has 1 saturated carbocycles. The molecule has 1 N–H and O–H groups in total. The number of hydrogen-bond donors (Lipinski definition) is 1. The molecule has 2 heterocycles. The van der Waals surface area contributed by atoms with E-state index in [1.807, 2.05) is 24.1 Å². The van der Waals surface area contributed by atoms with Gasteiger partial charge in [0.1, 0.15) is 5.66 Å². The van der Waals surface area contributed by atoms with Gasteiger partial charge in [0, 0.05) is 43.5 Å². The Kier molecular flexibility index (Phi) is 3.78. The van der Waals surface area contributed by atoms with Gasteiger partial charge in [0.2, 0.25) is 0 Å². The molecule has 1 atom stereocenters. The molecule has 27 heavy (non-hydrogen) atoms. The highest BCUT2D eigenvalue weighted by molar-refractivity contribution is 6.31. The summed E-state index contributed by atoms with van der Waals surface area (Å²) in [5.41, 5.74) is 2.82. The third-order valence-corrected chi connectivity index (χ3v) is 6.89. The standard InChI is InChI=1S/C22H24ClN3O/c1-25-20(27)18-8-7-17(23)13-19(18)24-22(25)11-12-26(21(15-22)9-10-21)14-16-5-3-2-4-6-16/h2-8,13,24H,9-12,14-15H2,1H3. The molecule has 2 aromatic rings. The van der Waals surface area contributed by atoms with E-state index in [4.69, 9.17) is 11.6 Å². The van der Waals surface area contributed by atoms with E-state index < -0.39 is 0 Å². The first-order chi connectivity index (χ1) is 13.0. The number of carbonyl (C=O) groups is 1. The van der Waals surface area contributed by atoms with Gasteiger partial charge in [-0.25, -0.2) is 0 Å². The van der Waals surface area contributed by atoms with E-state index in [-0.39, 0.29) is 17.1 Å². The minimum atomic E-state index is -0.321. The Balaban J connectivity index is 1.43. The largest absolute Gasteiger partial charge is 0.362 e. The van der Waals surface area contributed by atoms with Crippen molar-refractivity contribution in [2.45, 2.75) is 43.4 Å². The van der Waals surface area contributed by atoms with Crippen LogP contribution in [0.3, 0.4) is 0 Å². The Morgan fingerprint density at radius 3 is 2.63 bits per heavy atom. The van der Waals surface area contributed by atoms with E-state index in [2.05, 4.69) is 40.5 Å². The van der Waals surface area contributed by atoms with Gasteiger partial charge in [-0.15, -0.1) is 0 Å². The summed E-state index contributed by atoms with van der Waals surface area (Å²) >= 11 is 6.20. The minimum absolute atomic E-state index is 0.0905. The predicted molar refractivity (Wildman–Crippen MR) is 108 cm³/mol. The van der Waals surface area contributed by atoms with Crippen LogP contribution in [0.4, 0.5) is 5.69 Å². The Labute approximate surface area is 165 Å². The summed E-state index contributed by atoms with van der Waals surface area (Å²) in [5.74, 6) is 0.0905. The van der Waals surface area contributed by atoms with Gasteiger partial charge in [0.15, 0.2) is 0 Å². The molecule has 2 spiro atoms. The molecule has 1 aliphatic carbocycles. The van der Waals surface area contributed by atoms with Crippen LogP contribution in [-0.4, -0.2) is 40.5 Å². The molecule has 1 saturated heterocycles. The van der Waals surface area contributed by atoms with Crippen LogP contribution in [0.25, 0.3) is 0 Å². The maximum Gasteiger partial charge on any atom is 0.257 e. The molecule has 0 aromatic heterocycles. The summed E-state index contributed by atoms with van der Waals surface area (Å²) in [6.45, 7) is 1.96. The zero-order valence-electron chi connectivity index (χ0n) is 15.5. The minimum Gasteiger partial charge on any atom is -0.362 e. The van der Waals surface area contributed by atoms with Crippen molar-refractivity contribution in [3.05, 3.63) is 64.7 Å². The second-order valence-corrected chi connectivity index (χ2v) is 8.71. The van der Waals surface area contributed by atoms with Crippen molar-refractivity contribution < 1.29 is 4.79 Å². The molecule has 3 aliphatic rings. The van der Waals surface area contributed by atoms with Crippen molar-refractivity contribution >= 4 is 23.2 Å². The summed E-state index contributed by atoms with van der Waals surface area (Å²) in [5, 5.41) is 4.37. The Morgan fingerprint density at radius 1 is 1.11 bits per heavy atom. The molecule has 2 aromatic carbocycles. The summed E-state index contributed by atoms with van der Waals surface area (Å²) in [4.78, 5) is 17.6. The van der Waals surface area contributed by atoms with Gasteiger partial charge >= 0.3 is 0 Å². The van der Waals surface area contributed by atoms with Crippen molar-refractivity contribution in [1.29, 1.82) is 0 Å². The maximum absolute atomic E-state index is 13.0. The van der Waals surface area contributed by atoms with Crippen LogP contribution >= 0.6 is 11.6 Å². The number of benzene rings is 2. The van der Waals surface area contributed by atoms with Crippen molar-refractivity contribution in [2.24, 2.45) is 0 Å². The number of anilines is 1. The van der Waals surface area contributed by atoms with E-state index in [0.717, 1.165) is 31.6 Å². The first-order valence-electron chi connectivity index (χ1n) is 9.66. The van der Waals surface area contributed by atoms with Crippen LogP contribution in [0, 0.1) is 0 Å². The average molecular weight is 382 g/mol. The van der Waals surface area contributed by atoms with Gasteiger partial charge in [0.05, 0.1) is 11.3 Å². The van der Waals surface area contributed by atoms with E-state index >= 15 is 0 Å². The molecule has 2 fully saturated rings. The molecule has 0 radical (unpaired) electrons. The van der Waals surface area contributed by atoms with Gasteiger partial charge < -0.3 is 10.2 Å². The van der Waals surface area contributed by atoms with Gasteiger partial charge in [-0.1, -0.05) is 41.9 Å². The van der Waals surface area contributed by atoms with E-state index in [1.165, 1.54) is 18.4 Å². The lowest BCUT2D eigenvalue weighted by Gasteiger charge is -2.54. The van der Waals surface area contributed by atoms with Crippen LogP contribution < -0.4 is 5.32 Å². The van der Waals surface area contributed by atoms with Crippen LogP contribution in [0.15, 0.2) is 48.5 Å². The summed E-state index contributed by atoms with van der Waals surface area (Å²) < 4.78 is 0. The quantitative estimate of drug-likeness (QED) is 0.839. The lowest BCUT2D eigenvalue weighted by molar-refractivity contribution is 0.00635. The van der Waals surface area contributed by atoms with Gasteiger partial charge in [-0.3, -0.25) is 9.69 Å². The van der Waals surface area contributed by atoms with Gasteiger partial charge in [0.25, 0.3) is 5.91 Å². The van der Waals surface area contributed by atoms with Gasteiger partial charge in [-0.2, -0.15) is 0 Å².